The zero-order chi connectivity index (χ0) is 15.4. The number of aromatic amines is 1. The molecular formula is C15H16N2O4. The molecule has 0 unspecified atom stereocenters. The van der Waals surface area contributed by atoms with Crippen molar-refractivity contribution < 1.29 is 14.3 Å². The maximum absolute atomic E-state index is 12.1. The highest BCUT2D eigenvalue weighted by Gasteiger charge is 2.10. The molecule has 0 radical (unpaired) electrons. The van der Waals surface area contributed by atoms with Crippen molar-refractivity contribution in [3.63, 3.8) is 0 Å². The van der Waals surface area contributed by atoms with Gasteiger partial charge in [0.1, 0.15) is 0 Å². The fourth-order valence-electron chi connectivity index (χ4n) is 1.93. The summed E-state index contributed by atoms with van der Waals surface area (Å²) in [5.41, 5.74) is 1.16. The van der Waals surface area contributed by atoms with E-state index in [4.69, 9.17) is 9.47 Å². The molecule has 0 fully saturated rings. The lowest BCUT2D eigenvalue weighted by Gasteiger charge is -2.10. The Balaban J connectivity index is 2.25. The smallest absolute Gasteiger partial charge is 0.255 e. The number of nitrogens with one attached hydrogen (secondary N) is 2. The predicted molar refractivity (Wildman–Crippen MR) is 79.3 cm³/mol. The summed E-state index contributed by atoms with van der Waals surface area (Å²) in [5, 5.41) is 2.71. The number of aryl methyl sites for hydroxylation is 1. The van der Waals surface area contributed by atoms with Crippen LogP contribution in [-0.4, -0.2) is 25.1 Å². The molecule has 0 spiro atoms. The van der Waals surface area contributed by atoms with E-state index in [1.54, 1.807) is 31.2 Å². The van der Waals surface area contributed by atoms with Crippen LogP contribution in [0.5, 0.6) is 11.5 Å². The lowest BCUT2D eigenvalue weighted by Crippen LogP contribution is -2.16. The molecule has 1 amide bonds. The molecule has 1 aromatic carbocycles. The van der Waals surface area contributed by atoms with E-state index < -0.39 is 0 Å². The largest absolute Gasteiger partial charge is 0.493 e. The molecular weight excluding hydrogens is 272 g/mol. The van der Waals surface area contributed by atoms with E-state index in [0.29, 0.717) is 28.4 Å². The van der Waals surface area contributed by atoms with E-state index in [9.17, 15) is 9.59 Å². The molecule has 1 heterocycles. The molecule has 0 aliphatic carbocycles. The van der Waals surface area contributed by atoms with Gasteiger partial charge in [-0.15, -0.1) is 0 Å². The summed E-state index contributed by atoms with van der Waals surface area (Å²) in [6, 6.07) is 7.90. The number of methoxy groups -OCH3 is 2. The highest BCUT2D eigenvalue weighted by Crippen LogP contribution is 2.29. The van der Waals surface area contributed by atoms with Crippen molar-refractivity contribution in [2.24, 2.45) is 0 Å². The topological polar surface area (TPSA) is 80.4 Å². The Labute approximate surface area is 121 Å². The Bertz CT molecular complexity index is 722. The van der Waals surface area contributed by atoms with Crippen molar-refractivity contribution in [3.8, 4) is 11.5 Å². The minimum Gasteiger partial charge on any atom is -0.493 e. The number of hydrogen-bond donors (Lipinski definition) is 2. The van der Waals surface area contributed by atoms with Crippen LogP contribution in [0.4, 0.5) is 5.69 Å². The monoisotopic (exact) mass is 288 g/mol. The summed E-state index contributed by atoms with van der Waals surface area (Å²) in [7, 11) is 3.05. The lowest BCUT2D eigenvalue weighted by atomic mass is 10.2. The minimum absolute atomic E-state index is 0.297. The zero-order valence-electron chi connectivity index (χ0n) is 12.0. The van der Waals surface area contributed by atoms with Gasteiger partial charge in [0.2, 0.25) is 5.56 Å². The SMILES string of the molecule is COc1ccc(NC(=O)c2cc(C)[nH]c(=O)c2)cc1OC. The van der Waals surface area contributed by atoms with Crippen molar-refractivity contribution in [1.29, 1.82) is 0 Å². The third-order valence-corrected chi connectivity index (χ3v) is 2.88. The summed E-state index contributed by atoms with van der Waals surface area (Å²) < 4.78 is 10.3. The van der Waals surface area contributed by atoms with Crippen molar-refractivity contribution in [3.05, 3.63) is 51.9 Å². The minimum atomic E-state index is -0.364. The molecule has 110 valence electrons. The van der Waals surface area contributed by atoms with Crippen LogP contribution in [0.2, 0.25) is 0 Å². The third kappa shape index (κ3) is 3.42. The van der Waals surface area contributed by atoms with Gasteiger partial charge in [-0.25, -0.2) is 0 Å². The lowest BCUT2D eigenvalue weighted by molar-refractivity contribution is 0.102. The maximum atomic E-state index is 12.1. The molecule has 0 bridgehead atoms. The van der Waals surface area contributed by atoms with E-state index in [1.807, 2.05) is 0 Å². The van der Waals surface area contributed by atoms with Crippen molar-refractivity contribution in [1.82, 2.24) is 4.98 Å². The number of pyridine rings is 1. The van der Waals surface area contributed by atoms with E-state index in [-0.39, 0.29) is 11.5 Å². The fraction of sp³-hybridized carbons (Fsp3) is 0.200. The van der Waals surface area contributed by atoms with Crippen molar-refractivity contribution in [2.45, 2.75) is 6.92 Å². The number of carbonyl (C=O) groups excluding carboxylic acids is 1. The van der Waals surface area contributed by atoms with Gasteiger partial charge in [-0.3, -0.25) is 9.59 Å². The van der Waals surface area contributed by atoms with Gasteiger partial charge in [0.05, 0.1) is 14.2 Å². The molecule has 0 aliphatic rings. The zero-order valence-corrected chi connectivity index (χ0v) is 12.0. The number of H-pyrrole nitrogens is 1. The first-order valence-corrected chi connectivity index (χ1v) is 6.28. The first-order valence-electron chi connectivity index (χ1n) is 6.28. The molecule has 21 heavy (non-hydrogen) atoms. The second-order valence-corrected chi connectivity index (χ2v) is 4.44. The summed E-state index contributed by atoms with van der Waals surface area (Å²) >= 11 is 0. The molecule has 0 aliphatic heterocycles. The van der Waals surface area contributed by atoms with E-state index in [0.717, 1.165) is 0 Å². The molecule has 2 rings (SSSR count). The Hall–Kier alpha value is -2.76. The average molecular weight is 288 g/mol. The normalized spacial score (nSPS) is 10.0. The number of hydrogen-bond acceptors (Lipinski definition) is 4. The predicted octanol–water partition coefficient (Wildman–Crippen LogP) is 1.95. The number of benzene rings is 1. The van der Waals surface area contributed by atoms with Crippen LogP contribution in [-0.2, 0) is 0 Å². The van der Waals surface area contributed by atoms with Gasteiger partial charge in [-0.1, -0.05) is 0 Å². The molecule has 2 N–H and O–H groups in total. The van der Waals surface area contributed by atoms with Crippen LogP contribution < -0.4 is 20.3 Å². The second-order valence-electron chi connectivity index (χ2n) is 4.44. The van der Waals surface area contributed by atoms with Crippen LogP contribution in [0.1, 0.15) is 16.1 Å². The van der Waals surface area contributed by atoms with E-state index >= 15 is 0 Å². The van der Waals surface area contributed by atoms with Gasteiger partial charge < -0.3 is 19.8 Å². The Morgan fingerprint density at radius 2 is 1.81 bits per heavy atom. The van der Waals surface area contributed by atoms with E-state index in [1.165, 1.54) is 20.3 Å². The number of carbonyl (C=O) groups is 1. The summed E-state index contributed by atoms with van der Waals surface area (Å²) in [5.74, 6) is 0.719. The number of aromatic nitrogens is 1. The van der Waals surface area contributed by atoms with Crippen LogP contribution >= 0.6 is 0 Å². The molecule has 0 atom stereocenters. The first-order chi connectivity index (χ1) is 10.0. The maximum Gasteiger partial charge on any atom is 0.255 e. The molecule has 0 saturated heterocycles. The van der Waals surface area contributed by atoms with Gasteiger partial charge in [0.25, 0.3) is 5.91 Å². The Morgan fingerprint density at radius 3 is 2.43 bits per heavy atom. The van der Waals surface area contributed by atoms with Crippen molar-refractivity contribution >= 4 is 11.6 Å². The molecule has 1 aromatic heterocycles. The first kappa shape index (κ1) is 14.6. The van der Waals surface area contributed by atoms with Crippen LogP contribution in [0, 0.1) is 6.92 Å². The van der Waals surface area contributed by atoms with E-state index in [2.05, 4.69) is 10.3 Å². The van der Waals surface area contributed by atoms with Gasteiger partial charge in [0, 0.05) is 29.1 Å². The highest BCUT2D eigenvalue weighted by atomic mass is 16.5. The number of rotatable bonds is 4. The number of ether oxygens (including phenoxy) is 2. The number of amides is 1. The van der Waals surface area contributed by atoms with Crippen LogP contribution in [0.15, 0.2) is 35.1 Å². The standard InChI is InChI=1S/C15H16N2O4/c1-9-6-10(7-14(18)16-9)15(19)17-11-4-5-12(20-2)13(8-11)21-3/h4-8H,1-3H3,(H,16,18)(H,17,19). The summed E-state index contributed by atoms with van der Waals surface area (Å²) in [6.07, 6.45) is 0. The van der Waals surface area contributed by atoms with Gasteiger partial charge >= 0.3 is 0 Å². The number of anilines is 1. The van der Waals surface area contributed by atoms with Gasteiger partial charge in [0.15, 0.2) is 11.5 Å². The molecule has 2 aromatic rings. The molecule has 6 nitrogen and oxygen atoms in total. The third-order valence-electron chi connectivity index (χ3n) is 2.88. The second kappa shape index (κ2) is 6.13. The quantitative estimate of drug-likeness (QED) is 0.901. The Morgan fingerprint density at radius 1 is 1.10 bits per heavy atom. The molecule has 6 heteroatoms. The summed E-state index contributed by atoms with van der Waals surface area (Å²) in [4.78, 5) is 26.1. The highest BCUT2D eigenvalue weighted by molar-refractivity contribution is 6.04. The van der Waals surface area contributed by atoms with Crippen LogP contribution in [0.25, 0.3) is 0 Å². The van der Waals surface area contributed by atoms with Crippen LogP contribution in [0.3, 0.4) is 0 Å². The van der Waals surface area contributed by atoms with Crippen molar-refractivity contribution in [2.75, 3.05) is 19.5 Å². The molecule has 0 saturated carbocycles. The average Bonchev–Trinajstić information content (AvgIpc) is 2.46. The summed E-state index contributed by atoms with van der Waals surface area (Å²) in [6.45, 7) is 1.72. The Kier molecular flexibility index (Phi) is 4.27. The fourth-order valence-corrected chi connectivity index (χ4v) is 1.93. The van der Waals surface area contributed by atoms with Gasteiger partial charge in [-0.2, -0.15) is 0 Å². The van der Waals surface area contributed by atoms with Gasteiger partial charge in [-0.05, 0) is 25.1 Å².